The van der Waals surface area contributed by atoms with Crippen molar-refractivity contribution in [3.63, 3.8) is 0 Å². The minimum absolute atomic E-state index is 0.0601. The molecule has 0 bridgehead atoms. The molecular formula is C12H18N2O5. The van der Waals surface area contributed by atoms with Gasteiger partial charge >= 0.3 is 11.9 Å². The summed E-state index contributed by atoms with van der Waals surface area (Å²) in [7, 11) is 0. The van der Waals surface area contributed by atoms with E-state index in [9.17, 15) is 14.7 Å². The van der Waals surface area contributed by atoms with Gasteiger partial charge in [-0.2, -0.15) is 0 Å². The van der Waals surface area contributed by atoms with Gasteiger partial charge in [-0.05, 0) is 19.4 Å². The number of rotatable bonds is 3. The van der Waals surface area contributed by atoms with Gasteiger partial charge in [0.1, 0.15) is 11.6 Å². The van der Waals surface area contributed by atoms with Crippen molar-refractivity contribution < 1.29 is 24.5 Å². The Hall–Kier alpha value is -1.18. The molecule has 5 atom stereocenters. The lowest BCUT2D eigenvalue weighted by Crippen LogP contribution is -2.52. The third-order valence-electron chi connectivity index (χ3n) is 4.58. The molecule has 0 spiro atoms. The van der Waals surface area contributed by atoms with Crippen molar-refractivity contribution >= 4 is 11.9 Å². The van der Waals surface area contributed by atoms with E-state index in [1.807, 2.05) is 0 Å². The molecule has 7 heteroatoms. The second-order valence-corrected chi connectivity index (χ2v) is 5.59. The molecule has 3 saturated heterocycles. The van der Waals surface area contributed by atoms with E-state index in [1.54, 1.807) is 0 Å². The van der Waals surface area contributed by atoms with Crippen molar-refractivity contribution in [3.8, 4) is 0 Å². The summed E-state index contributed by atoms with van der Waals surface area (Å²) in [4.78, 5) is 22.5. The second-order valence-electron chi connectivity index (χ2n) is 5.59. The van der Waals surface area contributed by atoms with Crippen LogP contribution in [0.15, 0.2) is 0 Å². The van der Waals surface area contributed by atoms with Gasteiger partial charge in [0.25, 0.3) is 0 Å². The zero-order valence-electron chi connectivity index (χ0n) is 10.5. The lowest BCUT2D eigenvalue weighted by molar-refractivity contribution is -0.157. The molecule has 106 valence electrons. The number of hydrogen-bond acceptors (Lipinski definition) is 5. The zero-order chi connectivity index (χ0) is 13.6. The molecule has 4 N–H and O–H groups in total. The number of carboxylic acids is 2. The number of nitrogens with one attached hydrogen (secondary N) is 2. The van der Waals surface area contributed by atoms with Gasteiger partial charge in [0.2, 0.25) is 0 Å². The van der Waals surface area contributed by atoms with Crippen molar-refractivity contribution in [1.29, 1.82) is 0 Å². The number of carbonyl (C=O) groups is 2. The number of fused-ring (bicyclic) bond motifs is 3. The average Bonchev–Trinajstić information content (AvgIpc) is 2.80. The third-order valence-corrected chi connectivity index (χ3v) is 4.58. The van der Waals surface area contributed by atoms with Gasteiger partial charge < -0.3 is 25.6 Å². The van der Waals surface area contributed by atoms with Crippen LogP contribution in [-0.4, -0.2) is 59.0 Å². The second kappa shape index (κ2) is 4.43. The highest BCUT2D eigenvalue weighted by atomic mass is 16.5. The van der Waals surface area contributed by atoms with Crippen LogP contribution in [0.5, 0.6) is 0 Å². The molecular weight excluding hydrogens is 252 g/mol. The van der Waals surface area contributed by atoms with E-state index in [1.165, 1.54) is 0 Å². The van der Waals surface area contributed by atoms with Gasteiger partial charge in [0.05, 0.1) is 12.5 Å². The Morgan fingerprint density at radius 2 is 2.11 bits per heavy atom. The zero-order valence-corrected chi connectivity index (χ0v) is 10.5. The highest BCUT2D eigenvalue weighted by Crippen LogP contribution is 2.46. The van der Waals surface area contributed by atoms with Gasteiger partial charge in [0.15, 0.2) is 0 Å². The minimum atomic E-state index is -1.12. The number of aliphatic carboxylic acids is 2. The Kier molecular flexibility index (Phi) is 2.99. The van der Waals surface area contributed by atoms with Gasteiger partial charge in [-0.15, -0.1) is 0 Å². The summed E-state index contributed by atoms with van der Waals surface area (Å²) in [6.45, 7) is 1.36. The Bertz CT molecular complexity index is 415. The van der Waals surface area contributed by atoms with E-state index in [-0.39, 0.29) is 24.5 Å². The molecule has 0 amide bonds. The highest BCUT2D eigenvalue weighted by molar-refractivity contribution is 5.79. The lowest BCUT2D eigenvalue weighted by Gasteiger charge is -2.31. The summed E-state index contributed by atoms with van der Waals surface area (Å²) >= 11 is 0. The molecule has 0 aromatic rings. The monoisotopic (exact) mass is 270 g/mol. The Balaban J connectivity index is 1.94. The summed E-state index contributed by atoms with van der Waals surface area (Å²) in [6.07, 6.45) is 1.50. The average molecular weight is 270 g/mol. The molecule has 7 nitrogen and oxygen atoms in total. The van der Waals surface area contributed by atoms with Crippen molar-refractivity contribution in [3.05, 3.63) is 0 Å². The van der Waals surface area contributed by atoms with Crippen LogP contribution in [0.1, 0.15) is 19.3 Å². The van der Waals surface area contributed by atoms with Crippen LogP contribution in [0, 0.1) is 5.92 Å². The van der Waals surface area contributed by atoms with Crippen LogP contribution in [-0.2, 0) is 14.3 Å². The topological polar surface area (TPSA) is 108 Å². The van der Waals surface area contributed by atoms with Crippen LogP contribution >= 0.6 is 0 Å². The number of ether oxygens (including phenoxy) is 1. The van der Waals surface area contributed by atoms with Crippen molar-refractivity contribution in [2.45, 2.75) is 43.1 Å². The van der Waals surface area contributed by atoms with E-state index in [2.05, 4.69) is 10.6 Å². The van der Waals surface area contributed by atoms with Crippen LogP contribution in [0.3, 0.4) is 0 Å². The lowest BCUT2D eigenvalue weighted by atomic mass is 9.79. The summed E-state index contributed by atoms with van der Waals surface area (Å²) < 4.78 is 5.98. The first-order valence-corrected chi connectivity index (χ1v) is 6.64. The fraction of sp³-hybridized carbons (Fsp3) is 0.833. The molecule has 0 aromatic carbocycles. The normalized spacial score (nSPS) is 44.6. The van der Waals surface area contributed by atoms with Gasteiger partial charge in [-0.3, -0.25) is 9.59 Å². The van der Waals surface area contributed by atoms with Crippen molar-refractivity contribution in [1.82, 2.24) is 10.6 Å². The molecule has 0 aliphatic carbocycles. The molecule has 0 saturated carbocycles. The third kappa shape index (κ3) is 1.84. The molecule has 0 radical (unpaired) electrons. The fourth-order valence-electron chi connectivity index (χ4n) is 3.90. The van der Waals surface area contributed by atoms with E-state index in [0.29, 0.717) is 6.54 Å². The van der Waals surface area contributed by atoms with Crippen LogP contribution < -0.4 is 10.6 Å². The summed E-state index contributed by atoms with van der Waals surface area (Å²) in [5.41, 5.74) is -1.12. The first-order chi connectivity index (χ1) is 9.04. The van der Waals surface area contributed by atoms with Crippen LogP contribution in [0.25, 0.3) is 0 Å². The molecule has 0 aromatic heterocycles. The summed E-state index contributed by atoms with van der Waals surface area (Å²) in [5.74, 6) is -2.16. The number of carboxylic acid groups (broad SMARTS) is 2. The Morgan fingerprint density at radius 1 is 1.32 bits per heavy atom. The van der Waals surface area contributed by atoms with E-state index in [0.717, 1.165) is 19.4 Å². The van der Waals surface area contributed by atoms with Gasteiger partial charge in [-0.1, -0.05) is 0 Å². The molecule has 3 aliphatic rings. The standard InChI is InChI=1S/C12H18N2O5/c15-8(16)4-12-6(5-14-10(12)11(17)18)9-7(19-12)2-1-3-13-9/h6-7,9-10,13-14H,1-5H2,(H,15,16)(H,17,18)/t6-,7-,9-,10-,12+/m1/s1. The van der Waals surface area contributed by atoms with Crippen LogP contribution in [0.2, 0.25) is 0 Å². The van der Waals surface area contributed by atoms with E-state index < -0.39 is 23.6 Å². The first kappa shape index (κ1) is 12.8. The molecule has 3 heterocycles. The Labute approximate surface area is 110 Å². The fourth-order valence-corrected chi connectivity index (χ4v) is 3.90. The molecule has 0 unspecified atom stereocenters. The Morgan fingerprint density at radius 3 is 2.79 bits per heavy atom. The maximum Gasteiger partial charge on any atom is 0.323 e. The van der Waals surface area contributed by atoms with Gasteiger partial charge in [-0.25, -0.2) is 0 Å². The maximum absolute atomic E-state index is 11.4. The molecule has 3 rings (SSSR count). The molecule has 3 fully saturated rings. The van der Waals surface area contributed by atoms with Gasteiger partial charge in [0, 0.05) is 18.5 Å². The highest BCUT2D eigenvalue weighted by Gasteiger charge is 2.64. The van der Waals surface area contributed by atoms with Crippen molar-refractivity contribution in [2.75, 3.05) is 13.1 Å². The maximum atomic E-state index is 11.4. The first-order valence-electron chi connectivity index (χ1n) is 6.64. The molecule has 3 aliphatic heterocycles. The SMILES string of the molecule is O=C(O)C[C@]12O[C@@H]3CCCN[C@@H]3[C@H]1CN[C@@H]2C(=O)O. The van der Waals surface area contributed by atoms with Crippen LogP contribution in [0.4, 0.5) is 0 Å². The van der Waals surface area contributed by atoms with E-state index in [4.69, 9.17) is 9.84 Å². The van der Waals surface area contributed by atoms with E-state index >= 15 is 0 Å². The summed E-state index contributed by atoms with van der Waals surface area (Å²) in [5, 5.41) is 24.7. The minimum Gasteiger partial charge on any atom is -0.481 e. The quantitative estimate of drug-likeness (QED) is 0.522. The number of piperidine rings is 1. The smallest absolute Gasteiger partial charge is 0.323 e. The summed E-state index contributed by atoms with van der Waals surface area (Å²) in [6, 6.07) is -0.883. The number of hydrogen-bond donors (Lipinski definition) is 4. The largest absolute Gasteiger partial charge is 0.481 e. The molecule has 19 heavy (non-hydrogen) atoms. The van der Waals surface area contributed by atoms with Crippen molar-refractivity contribution in [2.24, 2.45) is 5.92 Å². The predicted octanol–water partition coefficient (Wildman–Crippen LogP) is -0.977. The predicted molar refractivity (Wildman–Crippen MR) is 63.8 cm³/mol.